The topological polar surface area (TPSA) is 59.8 Å². The summed E-state index contributed by atoms with van der Waals surface area (Å²) >= 11 is 3.44. The summed E-state index contributed by atoms with van der Waals surface area (Å²) in [4.78, 5) is 28.1. The minimum absolute atomic E-state index is 0.322. The maximum absolute atomic E-state index is 12.8. The van der Waals surface area contributed by atoms with E-state index in [4.69, 9.17) is 0 Å². The third-order valence-electron chi connectivity index (χ3n) is 3.98. The van der Waals surface area contributed by atoms with Crippen LogP contribution in [0.4, 0.5) is 0 Å². The van der Waals surface area contributed by atoms with E-state index in [2.05, 4.69) is 20.9 Å². The van der Waals surface area contributed by atoms with Crippen LogP contribution < -0.4 is 11.2 Å². The van der Waals surface area contributed by atoms with Gasteiger partial charge >= 0.3 is 5.69 Å². The van der Waals surface area contributed by atoms with Crippen molar-refractivity contribution in [3.63, 3.8) is 0 Å². The lowest BCUT2D eigenvalue weighted by atomic mass is 10.2. The van der Waals surface area contributed by atoms with E-state index in [9.17, 15) is 9.59 Å². The Kier molecular flexibility index (Phi) is 3.02. The molecule has 2 heterocycles. The van der Waals surface area contributed by atoms with Gasteiger partial charge in [0.15, 0.2) is 0 Å². The van der Waals surface area contributed by atoms with Gasteiger partial charge in [-0.25, -0.2) is 9.36 Å². The number of H-pyrrole nitrogens is 1. The van der Waals surface area contributed by atoms with Gasteiger partial charge in [0, 0.05) is 28.6 Å². The molecule has 0 saturated heterocycles. The highest BCUT2D eigenvalue weighted by atomic mass is 79.9. The van der Waals surface area contributed by atoms with Crippen LogP contribution in [0.15, 0.2) is 62.7 Å². The van der Waals surface area contributed by atoms with Crippen LogP contribution in [0, 0.1) is 0 Å². The predicted octanol–water partition coefficient (Wildman–Crippen LogP) is 2.93. The lowest BCUT2D eigenvalue weighted by molar-refractivity contribution is 0.889. The van der Waals surface area contributed by atoms with Crippen molar-refractivity contribution in [2.75, 3.05) is 0 Å². The maximum Gasteiger partial charge on any atom is 0.333 e. The van der Waals surface area contributed by atoms with Crippen LogP contribution in [-0.4, -0.2) is 14.1 Å². The first kappa shape index (κ1) is 14.0. The molecule has 0 atom stereocenters. The Morgan fingerprint density at radius 1 is 1.04 bits per heavy atom. The summed E-state index contributed by atoms with van der Waals surface area (Å²) in [6, 6.07) is 12.8. The molecule has 0 fully saturated rings. The summed E-state index contributed by atoms with van der Waals surface area (Å²) in [5, 5.41) is 1.32. The zero-order chi connectivity index (χ0) is 16.1. The van der Waals surface area contributed by atoms with E-state index in [1.165, 1.54) is 4.57 Å². The van der Waals surface area contributed by atoms with Crippen LogP contribution in [0.3, 0.4) is 0 Å². The fourth-order valence-electron chi connectivity index (χ4n) is 2.90. The molecule has 0 saturated carbocycles. The number of rotatable bonds is 1. The summed E-state index contributed by atoms with van der Waals surface area (Å²) < 4.78 is 3.98. The number of aromatic nitrogens is 3. The number of para-hydroxylation sites is 1. The van der Waals surface area contributed by atoms with Gasteiger partial charge in [-0.1, -0.05) is 28.1 Å². The Bertz CT molecular complexity index is 1180. The van der Waals surface area contributed by atoms with E-state index in [1.54, 1.807) is 30.5 Å². The minimum atomic E-state index is -0.443. The number of fused-ring (bicyclic) bond motifs is 2. The molecular formula is C17H12BrN3O2. The van der Waals surface area contributed by atoms with Crippen molar-refractivity contribution in [2.24, 2.45) is 7.05 Å². The second-order valence-corrected chi connectivity index (χ2v) is 6.32. The number of aromatic amines is 1. The molecule has 2 aromatic carbocycles. The second-order valence-electron chi connectivity index (χ2n) is 5.40. The zero-order valence-electron chi connectivity index (χ0n) is 12.2. The van der Waals surface area contributed by atoms with E-state index in [1.807, 2.05) is 29.8 Å². The van der Waals surface area contributed by atoms with E-state index in [0.29, 0.717) is 16.6 Å². The van der Waals surface area contributed by atoms with Crippen molar-refractivity contribution in [3.8, 4) is 5.69 Å². The number of benzene rings is 2. The summed E-state index contributed by atoms with van der Waals surface area (Å²) in [6.45, 7) is 0. The van der Waals surface area contributed by atoms with Gasteiger partial charge in [-0.05, 0) is 30.3 Å². The van der Waals surface area contributed by atoms with Crippen LogP contribution in [0.5, 0.6) is 0 Å². The summed E-state index contributed by atoms with van der Waals surface area (Å²) in [7, 11) is 1.89. The molecule has 0 aliphatic carbocycles. The quantitative estimate of drug-likeness (QED) is 0.560. The van der Waals surface area contributed by atoms with Gasteiger partial charge in [0.05, 0.1) is 16.6 Å². The Morgan fingerprint density at radius 2 is 1.83 bits per heavy atom. The van der Waals surface area contributed by atoms with Gasteiger partial charge in [-0.2, -0.15) is 0 Å². The van der Waals surface area contributed by atoms with Gasteiger partial charge in [0.1, 0.15) is 0 Å². The number of nitrogens with zero attached hydrogens (tertiary/aromatic N) is 2. The summed E-state index contributed by atoms with van der Waals surface area (Å²) in [5.74, 6) is 0. The summed E-state index contributed by atoms with van der Waals surface area (Å²) in [5.41, 5.74) is 1.29. The molecule has 0 aliphatic heterocycles. The number of nitrogens with one attached hydrogen (secondary N) is 1. The molecular weight excluding hydrogens is 358 g/mol. The summed E-state index contributed by atoms with van der Waals surface area (Å²) in [6.07, 6.45) is 1.79. The molecule has 23 heavy (non-hydrogen) atoms. The number of hydrogen-bond acceptors (Lipinski definition) is 2. The SMILES string of the molecule is Cn1cc(-n2c(=O)[nH]c3ccccc3c2=O)c2cc(Br)ccc21. The van der Waals surface area contributed by atoms with Gasteiger partial charge in [0.25, 0.3) is 5.56 Å². The molecule has 0 amide bonds. The van der Waals surface area contributed by atoms with Crippen molar-refractivity contribution in [3.05, 3.63) is 74.0 Å². The largest absolute Gasteiger partial charge is 0.348 e. The van der Waals surface area contributed by atoms with Gasteiger partial charge in [-0.15, -0.1) is 0 Å². The molecule has 114 valence electrons. The third kappa shape index (κ3) is 2.06. The Morgan fingerprint density at radius 3 is 2.65 bits per heavy atom. The van der Waals surface area contributed by atoms with Gasteiger partial charge < -0.3 is 9.55 Å². The van der Waals surface area contributed by atoms with Crippen molar-refractivity contribution in [1.82, 2.24) is 14.1 Å². The van der Waals surface area contributed by atoms with Crippen molar-refractivity contribution < 1.29 is 0 Å². The van der Waals surface area contributed by atoms with Crippen molar-refractivity contribution in [1.29, 1.82) is 0 Å². The third-order valence-corrected chi connectivity index (χ3v) is 4.47. The molecule has 6 heteroatoms. The highest BCUT2D eigenvalue weighted by molar-refractivity contribution is 9.10. The second kappa shape index (κ2) is 4.96. The van der Waals surface area contributed by atoms with Crippen LogP contribution in [-0.2, 0) is 7.05 Å². The van der Waals surface area contributed by atoms with E-state index < -0.39 is 5.69 Å². The molecule has 2 aromatic heterocycles. The Balaban J connectivity index is 2.17. The Labute approximate surface area is 138 Å². The molecule has 4 rings (SSSR count). The van der Waals surface area contributed by atoms with Gasteiger partial charge in [0.2, 0.25) is 0 Å². The molecule has 0 radical (unpaired) electrons. The molecule has 4 aromatic rings. The first-order valence-corrected chi connectivity index (χ1v) is 7.84. The number of aryl methyl sites for hydroxylation is 1. The van der Waals surface area contributed by atoms with Crippen LogP contribution in [0.25, 0.3) is 27.5 Å². The smallest absolute Gasteiger partial charge is 0.333 e. The predicted molar refractivity (Wildman–Crippen MR) is 94.3 cm³/mol. The van der Waals surface area contributed by atoms with Crippen LogP contribution in [0.2, 0.25) is 0 Å². The molecule has 0 aliphatic rings. The minimum Gasteiger partial charge on any atom is -0.348 e. The maximum atomic E-state index is 12.8. The first-order valence-electron chi connectivity index (χ1n) is 7.05. The van der Waals surface area contributed by atoms with E-state index in [0.717, 1.165) is 15.4 Å². The highest BCUT2D eigenvalue weighted by Crippen LogP contribution is 2.26. The first-order chi connectivity index (χ1) is 11.1. The lowest BCUT2D eigenvalue weighted by Crippen LogP contribution is -2.33. The zero-order valence-corrected chi connectivity index (χ0v) is 13.8. The average Bonchev–Trinajstić information content (AvgIpc) is 2.83. The lowest BCUT2D eigenvalue weighted by Gasteiger charge is -2.05. The Hall–Kier alpha value is -2.60. The molecule has 5 nitrogen and oxygen atoms in total. The number of halogens is 1. The standard InChI is InChI=1S/C17H12BrN3O2/c1-20-9-15(12-8-10(18)6-7-14(12)20)21-16(22)11-4-2-3-5-13(11)19-17(21)23/h2-9H,1H3,(H,19,23). The normalized spacial score (nSPS) is 11.4. The molecule has 0 unspecified atom stereocenters. The van der Waals surface area contributed by atoms with Crippen molar-refractivity contribution >= 4 is 37.7 Å². The van der Waals surface area contributed by atoms with Crippen molar-refractivity contribution in [2.45, 2.75) is 0 Å². The molecule has 0 bridgehead atoms. The van der Waals surface area contributed by atoms with E-state index >= 15 is 0 Å². The fourth-order valence-corrected chi connectivity index (χ4v) is 3.26. The molecule has 0 spiro atoms. The molecule has 1 N–H and O–H groups in total. The van der Waals surface area contributed by atoms with Gasteiger partial charge in [-0.3, -0.25) is 4.79 Å². The monoisotopic (exact) mass is 369 g/mol. The van der Waals surface area contributed by atoms with E-state index in [-0.39, 0.29) is 5.56 Å². The number of hydrogen-bond donors (Lipinski definition) is 1. The van der Waals surface area contributed by atoms with Crippen LogP contribution in [0.1, 0.15) is 0 Å². The van der Waals surface area contributed by atoms with Crippen LogP contribution >= 0.6 is 15.9 Å². The fraction of sp³-hybridized carbons (Fsp3) is 0.0588. The average molecular weight is 370 g/mol. The highest BCUT2D eigenvalue weighted by Gasteiger charge is 2.14.